The van der Waals surface area contributed by atoms with E-state index in [-0.39, 0.29) is 11.9 Å². The van der Waals surface area contributed by atoms with Crippen LogP contribution in [-0.2, 0) is 9.53 Å². The third-order valence-electron chi connectivity index (χ3n) is 4.36. The van der Waals surface area contributed by atoms with Crippen LogP contribution in [0.1, 0.15) is 31.4 Å². The molecule has 5 nitrogen and oxygen atoms in total. The summed E-state index contributed by atoms with van der Waals surface area (Å²) in [7, 11) is 1.67. The SMILES string of the molecule is C=CCOC(C)C(=O)NCC(c1cccc(OC)c1)N1CCCC1. The fourth-order valence-electron chi connectivity index (χ4n) is 2.99. The number of nitrogens with one attached hydrogen (secondary N) is 1. The van der Waals surface area contributed by atoms with Crippen molar-refractivity contribution >= 4 is 5.91 Å². The summed E-state index contributed by atoms with van der Waals surface area (Å²) < 4.78 is 10.7. The molecule has 0 bridgehead atoms. The smallest absolute Gasteiger partial charge is 0.248 e. The third-order valence-corrected chi connectivity index (χ3v) is 4.36. The first-order valence-electron chi connectivity index (χ1n) is 8.54. The second kappa shape index (κ2) is 9.45. The predicted octanol–water partition coefficient (Wildman–Crippen LogP) is 2.54. The lowest BCUT2D eigenvalue weighted by Crippen LogP contribution is -2.41. The van der Waals surface area contributed by atoms with Crippen LogP contribution in [0.3, 0.4) is 0 Å². The summed E-state index contributed by atoms with van der Waals surface area (Å²) in [4.78, 5) is 14.6. The quantitative estimate of drug-likeness (QED) is 0.706. The molecule has 1 aromatic rings. The van der Waals surface area contributed by atoms with Crippen LogP contribution >= 0.6 is 0 Å². The Hall–Kier alpha value is -1.85. The second-order valence-corrected chi connectivity index (χ2v) is 6.04. The van der Waals surface area contributed by atoms with Gasteiger partial charge in [-0.25, -0.2) is 0 Å². The molecule has 2 rings (SSSR count). The summed E-state index contributed by atoms with van der Waals surface area (Å²) in [5, 5.41) is 3.02. The summed E-state index contributed by atoms with van der Waals surface area (Å²) in [5.41, 5.74) is 1.16. The number of ether oxygens (including phenoxy) is 2. The first kappa shape index (κ1) is 18.5. The highest BCUT2D eigenvalue weighted by atomic mass is 16.5. The van der Waals surface area contributed by atoms with Gasteiger partial charge in [0.1, 0.15) is 11.9 Å². The molecule has 24 heavy (non-hydrogen) atoms. The number of benzene rings is 1. The van der Waals surface area contributed by atoms with Crippen LogP contribution in [0.2, 0.25) is 0 Å². The maximum Gasteiger partial charge on any atom is 0.248 e. The van der Waals surface area contributed by atoms with Gasteiger partial charge in [0.05, 0.1) is 19.8 Å². The van der Waals surface area contributed by atoms with E-state index in [9.17, 15) is 4.79 Å². The maximum atomic E-state index is 12.2. The first-order valence-corrected chi connectivity index (χ1v) is 8.54. The second-order valence-electron chi connectivity index (χ2n) is 6.04. The highest BCUT2D eigenvalue weighted by Crippen LogP contribution is 2.27. The molecule has 5 heteroatoms. The molecular weight excluding hydrogens is 304 g/mol. The van der Waals surface area contributed by atoms with Crippen LogP contribution in [0.5, 0.6) is 5.75 Å². The Morgan fingerprint density at radius 2 is 2.17 bits per heavy atom. The average Bonchev–Trinajstić information content (AvgIpc) is 3.14. The van der Waals surface area contributed by atoms with Crippen LogP contribution in [-0.4, -0.2) is 50.3 Å². The molecule has 2 unspecified atom stereocenters. The molecule has 1 amide bonds. The molecule has 1 saturated heterocycles. The number of hydrogen-bond acceptors (Lipinski definition) is 4. The van der Waals surface area contributed by atoms with Gasteiger partial charge in [-0.1, -0.05) is 18.2 Å². The number of rotatable bonds is 9. The number of likely N-dealkylation sites (tertiary alicyclic amines) is 1. The van der Waals surface area contributed by atoms with E-state index in [1.807, 2.05) is 18.2 Å². The van der Waals surface area contributed by atoms with E-state index in [1.54, 1.807) is 20.1 Å². The Morgan fingerprint density at radius 1 is 1.42 bits per heavy atom. The average molecular weight is 332 g/mol. The number of carbonyl (C=O) groups is 1. The molecule has 1 N–H and O–H groups in total. The molecule has 132 valence electrons. The summed E-state index contributed by atoms with van der Waals surface area (Å²) in [5.74, 6) is 0.745. The Labute approximate surface area is 144 Å². The zero-order chi connectivity index (χ0) is 17.4. The van der Waals surface area contributed by atoms with Crippen molar-refractivity contribution in [2.75, 3.05) is 33.4 Å². The van der Waals surface area contributed by atoms with Crippen molar-refractivity contribution < 1.29 is 14.3 Å². The number of carbonyl (C=O) groups excluding carboxylic acids is 1. The number of amides is 1. The third kappa shape index (κ3) is 5.08. The Kier molecular flexibility index (Phi) is 7.28. The minimum atomic E-state index is -0.479. The van der Waals surface area contributed by atoms with Crippen molar-refractivity contribution in [1.82, 2.24) is 10.2 Å². The molecule has 1 aliphatic rings. The Morgan fingerprint density at radius 3 is 2.83 bits per heavy atom. The Balaban J connectivity index is 2.03. The van der Waals surface area contributed by atoms with E-state index in [1.165, 1.54) is 12.8 Å². The largest absolute Gasteiger partial charge is 0.497 e. The summed E-state index contributed by atoms with van der Waals surface area (Å²) in [6, 6.07) is 8.23. The van der Waals surface area contributed by atoms with E-state index in [2.05, 4.69) is 22.9 Å². The van der Waals surface area contributed by atoms with Gasteiger partial charge in [0, 0.05) is 6.54 Å². The predicted molar refractivity (Wildman–Crippen MR) is 95.2 cm³/mol. The van der Waals surface area contributed by atoms with E-state index in [0.29, 0.717) is 13.2 Å². The van der Waals surface area contributed by atoms with Gasteiger partial charge in [-0.3, -0.25) is 9.69 Å². The van der Waals surface area contributed by atoms with Crippen LogP contribution in [0.15, 0.2) is 36.9 Å². The molecular formula is C19H28N2O3. The first-order chi connectivity index (χ1) is 11.7. The lowest BCUT2D eigenvalue weighted by Gasteiger charge is -2.29. The standard InChI is InChI=1S/C19H28N2O3/c1-4-12-24-15(2)19(22)20-14-18(21-10-5-6-11-21)16-8-7-9-17(13-16)23-3/h4,7-9,13,15,18H,1,5-6,10-12,14H2,2-3H3,(H,20,22). The lowest BCUT2D eigenvalue weighted by atomic mass is 10.0. The van der Waals surface area contributed by atoms with Crippen LogP contribution in [0.4, 0.5) is 0 Å². The highest BCUT2D eigenvalue weighted by Gasteiger charge is 2.25. The Bertz CT molecular complexity index is 541. The van der Waals surface area contributed by atoms with E-state index < -0.39 is 6.10 Å². The fraction of sp³-hybridized carbons (Fsp3) is 0.526. The number of nitrogens with zero attached hydrogens (tertiary/aromatic N) is 1. The van der Waals surface area contributed by atoms with E-state index >= 15 is 0 Å². The molecule has 0 aliphatic carbocycles. The van der Waals surface area contributed by atoms with Gasteiger partial charge in [-0.2, -0.15) is 0 Å². The van der Waals surface area contributed by atoms with E-state index in [0.717, 1.165) is 24.4 Å². The van der Waals surface area contributed by atoms with Gasteiger partial charge >= 0.3 is 0 Å². The van der Waals surface area contributed by atoms with Crippen molar-refractivity contribution in [3.63, 3.8) is 0 Å². The lowest BCUT2D eigenvalue weighted by molar-refractivity contribution is -0.131. The fourth-order valence-corrected chi connectivity index (χ4v) is 2.99. The number of methoxy groups -OCH3 is 1. The van der Waals surface area contributed by atoms with Gasteiger partial charge in [0.25, 0.3) is 0 Å². The molecule has 0 aromatic heterocycles. The van der Waals surface area contributed by atoms with Gasteiger partial charge in [0.15, 0.2) is 0 Å². The summed E-state index contributed by atoms with van der Waals surface area (Å²) >= 11 is 0. The molecule has 0 radical (unpaired) electrons. The van der Waals surface area contributed by atoms with Crippen molar-refractivity contribution in [1.29, 1.82) is 0 Å². The van der Waals surface area contributed by atoms with Gasteiger partial charge in [0.2, 0.25) is 5.91 Å². The van der Waals surface area contributed by atoms with Crippen LogP contribution in [0.25, 0.3) is 0 Å². The molecule has 0 spiro atoms. The van der Waals surface area contributed by atoms with E-state index in [4.69, 9.17) is 9.47 Å². The van der Waals surface area contributed by atoms with Gasteiger partial charge < -0.3 is 14.8 Å². The molecule has 1 heterocycles. The minimum absolute atomic E-state index is 0.0936. The molecule has 1 aromatic carbocycles. The highest BCUT2D eigenvalue weighted by molar-refractivity contribution is 5.80. The van der Waals surface area contributed by atoms with Crippen LogP contribution < -0.4 is 10.1 Å². The topological polar surface area (TPSA) is 50.8 Å². The zero-order valence-corrected chi connectivity index (χ0v) is 14.7. The number of hydrogen-bond donors (Lipinski definition) is 1. The molecule has 1 fully saturated rings. The van der Waals surface area contributed by atoms with Crippen molar-refractivity contribution in [2.45, 2.75) is 31.9 Å². The van der Waals surface area contributed by atoms with Gasteiger partial charge in [-0.05, 0) is 50.6 Å². The van der Waals surface area contributed by atoms with Gasteiger partial charge in [-0.15, -0.1) is 6.58 Å². The normalized spacial score (nSPS) is 17.2. The summed E-state index contributed by atoms with van der Waals surface area (Å²) in [6.45, 7) is 8.41. The monoisotopic (exact) mass is 332 g/mol. The van der Waals surface area contributed by atoms with Crippen molar-refractivity contribution in [3.05, 3.63) is 42.5 Å². The molecule has 2 atom stereocenters. The minimum Gasteiger partial charge on any atom is -0.497 e. The maximum absolute atomic E-state index is 12.2. The summed E-state index contributed by atoms with van der Waals surface area (Å²) in [6.07, 6.45) is 3.57. The van der Waals surface area contributed by atoms with Crippen molar-refractivity contribution in [3.8, 4) is 5.75 Å². The molecule has 1 aliphatic heterocycles. The molecule has 0 saturated carbocycles. The van der Waals surface area contributed by atoms with Crippen molar-refractivity contribution in [2.24, 2.45) is 0 Å². The van der Waals surface area contributed by atoms with Crippen LogP contribution in [0, 0.1) is 0 Å². The zero-order valence-electron chi connectivity index (χ0n) is 14.7.